The summed E-state index contributed by atoms with van der Waals surface area (Å²) in [5.74, 6) is -2.85. The Balaban J connectivity index is 1.53. The lowest BCUT2D eigenvalue weighted by Crippen LogP contribution is -2.24. The van der Waals surface area contributed by atoms with Gasteiger partial charge in [0, 0.05) is 43.4 Å². The number of halogens is 2. The second-order valence-electron chi connectivity index (χ2n) is 11.7. The highest BCUT2D eigenvalue weighted by atomic mass is 32.2. The van der Waals surface area contributed by atoms with E-state index < -0.39 is 38.4 Å². The number of fused-ring (bicyclic) bond motifs is 1. The fourth-order valence-corrected chi connectivity index (χ4v) is 6.98. The van der Waals surface area contributed by atoms with Crippen LogP contribution < -0.4 is 10.6 Å². The lowest BCUT2D eigenvalue weighted by Gasteiger charge is -2.20. The zero-order valence-corrected chi connectivity index (χ0v) is 28.3. The summed E-state index contributed by atoms with van der Waals surface area (Å²) in [6.45, 7) is 7.30. The van der Waals surface area contributed by atoms with Gasteiger partial charge in [-0.25, -0.2) is 22.0 Å². The molecule has 0 unspecified atom stereocenters. The van der Waals surface area contributed by atoms with E-state index in [1.807, 2.05) is 19.1 Å². The number of ether oxygens (including phenoxy) is 3. The maximum Gasteiger partial charge on any atom is 0.435 e. The van der Waals surface area contributed by atoms with Crippen LogP contribution in [0.25, 0.3) is 10.9 Å². The van der Waals surface area contributed by atoms with Crippen LogP contribution in [0.3, 0.4) is 0 Å². The van der Waals surface area contributed by atoms with E-state index in [1.54, 1.807) is 20.1 Å². The first-order chi connectivity index (χ1) is 23.5. The molecule has 15 heteroatoms. The number of likely N-dealkylation sites (tertiary alicyclic amines) is 1. The van der Waals surface area contributed by atoms with E-state index in [4.69, 9.17) is 14.2 Å². The maximum absolute atomic E-state index is 14.0. The Bertz CT molecular complexity index is 1910. The number of rotatable bonds is 14. The molecule has 1 amide bonds. The second-order valence-corrected chi connectivity index (χ2v) is 13.6. The second kappa shape index (κ2) is 15.8. The molecule has 3 aromatic carbocycles. The number of anilines is 2. The molecule has 262 valence electrons. The van der Waals surface area contributed by atoms with Crippen molar-refractivity contribution >= 4 is 44.2 Å². The Morgan fingerprint density at radius 2 is 1.71 bits per heavy atom. The highest BCUT2D eigenvalue weighted by Crippen LogP contribution is 2.31. The molecule has 0 aliphatic carbocycles. The van der Waals surface area contributed by atoms with Gasteiger partial charge in [0.2, 0.25) is 9.84 Å². The number of nitrogens with one attached hydrogen (secondary N) is 2. The first-order valence-electron chi connectivity index (χ1n) is 15.9. The predicted molar refractivity (Wildman–Crippen MR) is 179 cm³/mol. The highest BCUT2D eigenvalue weighted by Gasteiger charge is 2.25. The molecule has 1 aliphatic rings. The Kier molecular flexibility index (Phi) is 11.6. The third kappa shape index (κ3) is 8.60. The lowest BCUT2D eigenvalue weighted by molar-refractivity contribution is 0.0786. The third-order valence-electron chi connectivity index (χ3n) is 7.92. The number of hydrogen-bond acceptors (Lipinski definition) is 10. The number of amides is 1. The summed E-state index contributed by atoms with van der Waals surface area (Å²) in [6.07, 6.45) is 1.38. The third-order valence-corrected chi connectivity index (χ3v) is 9.65. The molecule has 0 radical (unpaired) electrons. The van der Waals surface area contributed by atoms with Crippen molar-refractivity contribution in [1.82, 2.24) is 14.7 Å². The Morgan fingerprint density at radius 3 is 2.41 bits per heavy atom. The number of benzene rings is 3. The lowest BCUT2D eigenvalue weighted by atomic mass is 10.1. The van der Waals surface area contributed by atoms with Crippen molar-refractivity contribution in [1.29, 1.82) is 0 Å². The van der Waals surface area contributed by atoms with Gasteiger partial charge in [-0.15, -0.1) is 5.10 Å². The molecular weight excluding hydrogens is 660 g/mol. The van der Waals surface area contributed by atoms with Gasteiger partial charge in [0.05, 0.1) is 34.1 Å². The maximum atomic E-state index is 14.0. The zero-order chi connectivity index (χ0) is 35.1. The number of sulfone groups is 1. The van der Waals surface area contributed by atoms with Crippen LogP contribution >= 0.6 is 0 Å². The molecule has 2 N–H and O–H groups in total. The van der Waals surface area contributed by atoms with E-state index in [1.165, 1.54) is 18.2 Å². The van der Waals surface area contributed by atoms with Gasteiger partial charge in [-0.2, -0.15) is 4.68 Å². The van der Waals surface area contributed by atoms with Gasteiger partial charge >= 0.3 is 6.09 Å². The zero-order valence-electron chi connectivity index (χ0n) is 27.5. The summed E-state index contributed by atoms with van der Waals surface area (Å²) < 4.78 is 71.6. The number of hydrogen-bond donors (Lipinski definition) is 2. The van der Waals surface area contributed by atoms with Crippen LogP contribution in [-0.4, -0.2) is 87.8 Å². The average Bonchev–Trinajstić information content (AvgIpc) is 3.70. The fourth-order valence-electron chi connectivity index (χ4n) is 5.65. The van der Waals surface area contributed by atoms with Crippen LogP contribution in [0.15, 0.2) is 64.4 Å². The molecule has 12 nitrogen and oxygen atoms in total. The molecule has 1 aliphatic heterocycles. The average molecular weight is 700 g/mol. The minimum atomic E-state index is -4.43. The molecule has 5 rings (SSSR count). The van der Waals surface area contributed by atoms with Crippen LogP contribution in [0.1, 0.15) is 42.6 Å². The minimum Gasteiger partial charge on any atom is -0.445 e. The van der Waals surface area contributed by atoms with Gasteiger partial charge in [-0.1, -0.05) is 6.07 Å². The number of carbonyl (C=O) groups is 2. The van der Waals surface area contributed by atoms with Crippen molar-refractivity contribution in [2.24, 2.45) is 0 Å². The van der Waals surface area contributed by atoms with Crippen LogP contribution in [0, 0.1) is 11.6 Å². The van der Waals surface area contributed by atoms with E-state index in [2.05, 4.69) is 20.6 Å². The number of aromatic nitrogens is 2. The summed E-state index contributed by atoms with van der Waals surface area (Å²) >= 11 is 0. The number of nitrogens with zero attached hydrogens (tertiary/aromatic N) is 3. The van der Waals surface area contributed by atoms with Gasteiger partial charge < -0.3 is 24.8 Å². The molecule has 1 fully saturated rings. The van der Waals surface area contributed by atoms with Gasteiger partial charge in [-0.3, -0.25) is 9.69 Å². The van der Waals surface area contributed by atoms with Gasteiger partial charge in [0.1, 0.15) is 18.2 Å². The van der Waals surface area contributed by atoms with Crippen LogP contribution in [0.4, 0.5) is 25.1 Å². The fraction of sp³-hybridized carbons (Fsp3) is 0.382. The first kappa shape index (κ1) is 35.9. The number of carbonyl (C=O) groups excluding carboxylic acids is 2. The van der Waals surface area contributed by atoms with Crippen LogP contribution in [0.5, 0.6) is 0 Å². The topological polar surface area (TPSA) is 141 Å². The van der Waals surface area contributed by atoms with E-state index in [0.717, 1.165) is 42.7 Å². The number of methoxy groups -OCH3 is 1. The molecule has 1 atom stereocenters. The summed E-state index contributed by atoms with van der Waals surface area (Å²) in [6, 6.07) is 11.0. The standard InChI is InChI=1S/C34H39F2N5O7S/c1-4-47-13-14-48-34(43)41-31-10-8-26(49(44,45)27-17-24(35)16-25(36)18-27)19-29(31)32(39-41)38-33(42)28-9-7-23(20-40-11-5-6-12-40)15-30(28)37-22(2)21-46-3/h7-10,15-19,22,37H,4-6,11-14,20-21H2,1-3H3,(H,38,39,42)/t22-/m1/s1. The molecule has 2 heterocycles. The minimum absolute atomic E-state index is 0.0703. The molecule has 0 spiro atoms. The van der Waals surface area contributed by atoms with Gasteiger partial charge in [0.15, 0.2) is 5.82 Å². The molecule has 4 aromatic rings. The van der Waals surface area contributed by atoms with E-state index >= 15 is 0 Å². The largest absolute Gasteiger partial charge is 0.445 e. The highest BCUT2D eigenvalue weighted by molar-refractivity contribution is 7.91. The Morgan fingerprint density at radius 1 is 0.980 bits per heavy atom. The van der Waals surface area contributed by atoms with Crippen LogP contribution in [0.2, 0.25) is 0 Å². The van der Waals surface area contributed by atoms with E-state index in [-0.39, 0.29) is 46.4 Å². The molecule has 1 saturated heterocycles. The molecule has 1 aromatic heterocycles. The molecule has 0 saturated carbocycles. The normalized spacial score (nSPS) is 14.2. The van der Waals surface area contributed by atoms with Crippen molar-refractivity contribution in [2.75, 3.05) is 57.3 Å². The van der Waals surface area contributed by atoms with Gasteiger partial charge in [0.25, 0.3) is 5.91 Å². The van der Waals surface area contributed by atoms with Gasteiger partial charge in [-0.05, 0) is 87.8 Å². The Hall–Kier alpha value is -4.44. The van der Waals surface area contributed by atoms with Crippen molar-refractivity contribution in [3.63, 3.8) is 0 Å². The summed E-state index contributed by atoms with van der Waals surface area (Å²) in [7, 11) is -2.85. The van der Waals surface area contributed by atoms with Crippen LogP contribution in [-0.2, 0) is 30.6 Å². The molecule has 0 bridgehead atoms. The molecular formula is C34H39F2N5O7S. The monoisotopic (exact) mass is 699 g/mol. The first-order valence-corrected chi connectivity index (χ1v) is 17.4. The molecule has 49 heavy (non-hydrogen) atoms. The van der Waals surface area contributed by atoms with E-state index in [0.29, 0.717) is 37.1 Å². The quantitative estimate of drug-likeness (QED) is 0.163. The van der Waals surface area contributed by atoms with Crippen molar-refractivity contribution in [3.8, 4) is 0 Å². The van der Waals surface area contributed by atoms with Crippen molar-refractivity contribution < 1.29 is 41.0 Å². The summed E-state index contributed by atoms with van der Waals surface area (Å²) in [5.41, 5.74) is 1.95. The Labute approximate surface area is 283 Å². The summed E-state index contributed by atoms with van der Waals surface area (Å²) in [4.78, 5) is 28.4. The van der Waals surface area contributed by atoms with Crippen molar-refractivity contribution in [2.45, 2.75) is 49.1 Å². The SMILES string of the molecule is CCOCCOC(=O)n1nc(NC(=O)c2ccc(CN3CCCC3)cc2N[C@H](C)COC)c2cc(S(=O)(=O)c3cc(F)cc(F)c3)ccc21. The predicted octanol–water partition coefficient (Wildman–Crippen LogP) is 5.46. The smallest absolute Gasteiger partial charge is 0.435 e. The van der Waals surface area contributed by atoms with E-state index in [9.17, 15) is 26.8 Å². The van der Waals surface area contributed by atoms with Crippen molar-refractivity contribution in [3.05, 3.63) is 77.4 Å². The summed E-state index contributed by atoms with van der Waals surface area (Å²) in [5, 5.41) is 10.4.